The lowest BCUT2D eigenvalue weighted by Crippen LogP contribution is -2.17. The summed E-state index contributed by atoms with van der Waals surface area (Å²) in [5.74, 6) is 0.472. The van der Waals surface area contributed by atoms with Crippen molar-refractivity contribution in [2.24, 2.45) is 0 Å². The number of aromatic nitrogens is 2. The minimum atomic E-state index is 0.0337. The molecule has 1 heterocycles. The molecule has 20 heavy (non-hydrogen) atoms. The van der Waals surface area contributed by atoms with E-state index >= 15 is 0 Å². The van der Waals surface area contributed by atoms with E-state index in [-0.39, 0.29) is 5.91 Å². The first kappa shape index (κ1) is 14.5. The van der Waals surface area contributed by atoms with Crippen molar-refractivity contribution in [3.8, 4) is 0 Å². The zero-order chi connectivity index (χ0) is 14.7. The monoisotopic (exact) mass is 270 g/mol. The van der Waals surface area contributed by atoms with Crippen LogP contribution in [-0.4, -0.2) is 15.7 Å². The fourth-order valence-corrected chi connectivity index (χ4v) is 2.66. The van der Waals surface area contributed by atoms with Crippen molar-refractivity contribution in [2.45, 2.75) is 46.5 Å². The molecule has 0 aliphatic rings. The summed E-state index contributed by atoms with van der Waals surface area (Å²) < 4.78 is 1.57. The summed E-state index contributed by atoms with van der Waals surface area (Å²) in [6.45, 7) is 8.32. The van der Waals surface area contributed by atoms with Gasteiger partial charge in [0.25, 0.3) is 5.91 Å². The zero-order valence-corrected chi connectivity index (χ0v) is 12.7. The molecule has 2 aromatic rings. The van der Waals surface area contributed by atoms with Gasteiger partial charge in [0.05, 0.1) is 12.1 Å². The number of nitrogens with zero attached hydrogens (tertiary/aromatic N) is 2. The Bertz CT molecular complexity index is 599. The van der Waals surface area contributed by atoms with E-state index in [4.69, 9.17) is 0 Å². The molecule has 0 spiro atoms. The molecule has 3 nitrogen and oxygen atoms in total. The van der Waals surface area contributed by atoms with Crippen LogP contribution >= 0.6 is 0 Å². The minimum absolute atomic E-state index is 0.0337. The van der Waals surface area contributed by atoms with Gasteiger partial charge < -0.3 is 0 Å². The minimum Gasteiger partial charge on any atom is -0.272 e. The highest BCUT2D eigenvalue weighted by molar-refractivity contribution is 5.81. The van der Waals surface area contributed by atoms with E-state index in [0.717, 1.165) is 23.4 Å². The van der Waals surface area contributed by atoms with Gasteiger partial charge in [-0.3, -0.25) is 4.79 Å². The van der Waals surface area contributed by atoms with Crippen molar-refractivity contribution < 1.29 is 4.79 Å². The molecule has 0 saturated heterocycles. The molecule has 0 amide bonds. The van der Waals surface area contributed by atoms with Crippen LogP contribution in [0.1, 0.15) is 53.5 Å². The summed E-state index contributed by atoms with van der Waals surface area (Å²) in [5, 5.41) is 4.44. The van der Waals surface area contributed by atoms with E-state index in [2.05, 4.69) is 18.9 Å². The predicted molar refractivity (Wildman–Crippen MR) is 81.2 cm³/mol. The lowest BCUT2D eigenvalue weighted by Gasteiger charge is -2.09. The molecular formula is C17H22N2O. The normalized spacial score (nSPS) is 12.4. The number of aryl methyl sites for hydroxylation is 1. The molecule has 3 heteroatoms. The summed E-state index contributed by atoms with van der Waals surface area (Å²) >= 11 is 0. The second kappa shape index (κ2) is 6.04. The van der Waals surface area contributed by atoms with E-state index in [0.29, 0.717) is 12.3 Å². The van der Waals surface area contributed by atoms with Crippen LogP contribution in [0.2, 0.25) is 0 Å². The second-order valence-corrected chi connectivity index (χ2v) is 5.36. The van der Waals surface area contributed by atoms with Crippen LogP contribution in [0, 0.1) is 13.8 Å². The first-order valence-electron chi connectivity index (χ1n) is 7.17. The third-order valence-corrected chi connectivity index (χ3v) is 3.89. The average Bonchev–Trinajstić information content (AvgIpc) is 2.74. The average molecular weight is 270 g/mol. The van der Waals surface area contributed by atoms with E-state index in [9.17, 15) is 4.79 Å². The molecular weight excluding hydrogens is 248 g/mol. The summed E-state index contributed by atoms with van der Waals surface area (Å²) in [6.07, 6.45) is 1.45. The Labute approximate surface area is 120 Å². The van der Waals surface area contributed by atoms with Gasteiger partial charge in [0, 0.05) is 5.69 Å². The van der Waals surface area contributed by atoms with Gasteiger partial charge in [0.15, 0.2) is 0 Å². The van der Waals surface area contributed by atoms with Crippen molar-refractivity contribution >= 4 is 5.91 Å². The van der Waals surface area contributed by atoms with Crippen molar-refractivity contribution in [2.75, 3.05) is 0 Å². The Morgan fingerprint density at radius 3 is 2.50 bits per heavy atom. The molecule has 0 aliphatic carbocycles. The molecule has 2 rings (SSSR count). The molecule has 0 bridgehead atoms. The standard InChI is InChI=1S/C17H22N2O/c1-5-12(2)17-13(3)18-19(14(17)4)16(20)11-15-9-7-6-8-10-15/h6-10,12H,5,11H2,1-4H3. The molecule has 1 unspecified atom stereocenters. The maximum Gasteiger partial charge on any atom is 0.251 e. The largest absolute Gasteiger partial charge is 0.272 e. The molecule has 106 valence electrons. The van der Waals surface area contributed by atoms with E-state index in [1.165, 1.54) is 5.56 Å². The number of hydrogen-bond donors (Lipinski definition) is 0. The van der Waals surface area contributed by atoms with Crippen molar-refractivity contribution in [3.05, 3.63) is 52.8 Å². The fourth-order valence-electron chi connectivity index (χ4n) is 2.66. The van der Waals surface area contributed by atoms with Crippen LogP contribution in [0.15, 0.2) is 30.3 Å². The molecule has 1 aromatic heterocycles. The highest BCUT2D eigenvalue weighted by Gasteiger charge is 2.19. The fraction of sp³-hybridized carbons (Fsp3) is 0.412. The van der Waals surface area contributed by atoms with Crippen molar-refractivity contribution in [1.29, 1.82) is 0 Å². The van der Waals surface area contributed by atoms with Crippen LogP contribution in [0.5, 0.6) is 0 Å². The van der Waals surface area contributed by atoms with Gasteiger partial charge in [-0.25, -0.2) is 4.68 Å². The van der Waals surface area contributed by atoms with Gasteiger partial charge >= 0.3 is 0 Å². The van der Waals surface area contributed by atoms with Crippen LogP contribution < -0.4 is 0 Å². The summed E-state index contributed by atoms with van der Waals surface area (Å²) in [4.78, 5) is 12.4. The third-order valence-electron chi connectivity index (χ3n) is 3.89. The van der Waals surface area contributed by atoms with Crippen LogP contribution in [0.25, 0.3) is 0 Å². The Kier molecular flexibility index (Phi) is 4.38. The first-order valence-corrected chi connectivity index (χ1v) is 7.17. The number of benzene rings is 1. The first-order chi connectivity index (χ1) is 9.54. The van der Waals surface area contributed by atoms with E-state index < -0.39 is 0 Å². The zero-order valence-electron chi connectivity index (χ0n) is 12.7. The number of hydrogen-bond acceptors (Lipinski definition) is 2. The topological polar surface area (TPSA) is 34.9 Å². The third kappa shape index (κ3) is 2.82. The number of carbonyl (C=O) groups is 1. The summed E-state index contributed by atoms with van der Waals surface area (Å²) in [7, 11) is 0. The lowest BCUT2D eigenvalue weighted by molar-refractivity contribution is 0.0895. The summed E-state index contributed by atoms with van der Waals surface area (Å²) in [5.41, 5.74) is 4.19. The second-order valence-electron chi connectivity index (χ2n) is 5.36. The predicted octanol–water partition coefficient (Wildman–Crippen LogP) is 3.90. The summed E-state index contributed by atoms with van der Waals surface area (Å²) in [6, 6.07) is 9.81. The molecule has 1 atom stereocenters. The van der Waals surface area contributed by atoms with Crippen molar-refractivity contribution in [3.63, 3.8) is 0 Å². The van der Waals surface area contributed by atoms with Crippen LogP contribution in [0.3, 0.4) is 0 Å². The molecule has 0 radical (unpaired) electrons. The molecule has 0 aliphatic heterocycles. The van der Waals surface area contributed by atoms with Crippen molar-refractivity contribution in [1.82, 2.24) is 9.78 Å². The molecule has 0 saturated carbocycles. The highest BCUT2D eigenvalue weighted by atomic mass is 16.2. The van der Waals surface area contributed by atoms with E-state index in [1.807, 2.05) is 44.2 Å². The van der Waals surface area contributed by atoms with Gasteiger partial charge in [-0.05, 0) is 37.3 Å². The van der Waals surface area contributed by atoms with Gasteiger partial charge in [0.2, 0.25) is 0 Å². The lowest BCUT2D eigenvalue weighted by atomic mass is 9.97. The Morgan fingerprint density at radius 1 is 1.25 bits per heavy atom. The maximum atomic E-state index is 12.4. The van der Waals surface area contributed by atoms with Gasteiger partial charge in [-0.2, -0.15) is 5.10 Å². The van der Waals surface area contributed by atoms with Gasteiger partial charge in [-0.1, -0.05) is 44.2 Å². The van der Waals surface area contributed by atoms with Crippen LogP contribution in [-0.2, 0) is 6.42 Å². The maximum absolute atomic E-state index is 12.4. The quantitative estimate of drug-likeness (QED) is 0.844. The Balaban J connectivity index is 2.27. The molecule has 0 fully saturated rings. The Hall–Kier alpha value is -1.90. The highest BCUT2D eigenvalue weighted by Crippen LogP contribution is 2.25. The van der Waals surface area contributed by atoms with Gasteiger partial charge in [0.1, 0.15) is 0 Å². The van der Waals surface area contributed by atoms with Gasteiger partial charge in [-0.15, -0.1) is 0 Å². The smallest absolute Gasteiger partial charge is 0.251 e. The Morgan fingerprint density at radius 2 is 1.90 bits per heavy atom. The number of rotatable bonds is 4. The van der Waals surface area contributed by atoms with Crippen LogP contribution in [0.4, 0.5) is 0 Å². The molecule has 0 N–H and O–H groups in total. The number of carbonyl (C=O) groups excluding carboxylic acids is 1. The SMILES string of the molecule is CCC(C)c1c(C)nn(C(=O)Cc2ccccc2)c1C. The molecule has 1 aromatic carbocycles. The van der Waals surface area contributed by atoms with E-state index in [1.54, 1.807) is 4.68 Å².